The minimum absolute atomic E-state index is 0.0751. The van der Waals surface area contributed by atoms with Crippen molar-refractivity contribution in [2.24, 2.45) is 0 Å². The first kappa shape index (κ1) is 16.0. The summed E-state index contributed by atoms with van der Waals surface area (Å²) in [5, 5.41) is 2.83. The van der Waals surface area contributed by atoms with Crippen molar-refractivity contribution in [3.63, 3.8) is 0 Å². The molecule has 19 heavy (non-hydrogen) atoms. The fourth-order valence-corrected chi connectivity index (χ4v) is 2.42. The van der Waals surface area contributed by atoms with Crippen LogP contribution >= 0.6 is 10.7 Å². The van der Waals surface area contributed by atoms with E-state index in [2.05, 4.69) is 5.32 Å². The second-order valence-electron chi connectivity index (χ2n) is 4.29. The molecular weight excluding hydrogens is 286 g/mol. The molecule has 0 aliphatic rings. The maximum atomic E-state index is 11.2. The van der Waals surface area contributed by atoms with Gasteiger partial charge >= 0.3 is 0 Å². The number of amides is 1. The number of hydrogen-bond donors (Lipinski definition) is 1. The fraction of sp³-hybridized carbons (Fsp3) is 0.462. The van der Waals surface area contributed by atoms with E-state index in [1.54, 1.807) is 12.1 Å². The normalized spacial score (nSPS) is 11.3. The summed E-state index contributed by atoms with van der Waals surface area (Å²) in [5.41, 5.74) is 1.02. The molecule has 1 rings (SSSR count). The summed E-state index contributed by atoms with van der Waals surface area (Å²) in [6.07, 6.45) is 3.01. The van der Waals surface area contributed by atoms with Gasteiger partial charge in [-0.2, -0.15) is 0 Å². The van der Waals surface area contributed by atoms with Crippen LogP contribution in [0.15, 0.2) is 29.2 Å². The van der Waals surface area contributed by atoms with E-state index < -0.39 is 9.05 Å². The first-order chi connectivity index (χ1) is 8.93. The molecule has 1 amide bonds. The van der Waals surface area contributed by atoms with Crippen molar-refractivity contribution >= 4 is 25.6 Å². The Labute approximate surface area is 118 Å². The average Bonchev–Trinajstić information content (AvgIpc) is 2.34. The Morgan fingerprint density at radius 2 is 1.89 bits per heavy atom. The van der Waals surface area contributed by atoms with Crippen LogP contribution in [0.5, 0.6) is 0 Å². The van der Waals surface area contributed by atoms with Crippen LogP contribution in [0.2, 0.25) is 0 Å². The van der Waals surface area contributed by atoms with Gasteiger partial charge in [0, 0.05) is 23.6 Å². The van der Waals surface area contributed by atoms with E-state index in [4.69, 9.17) is 10.7 Å². The quantitative estimate of drug-likeness (QED) is 0.621. The van der Waals surface area contributed by atoms with Gasteiger partial charge in [-0.15, -0.1) is 0 Å². The molecule has 0 aliphatic carbocycles. The maximum absolute atomic E-state index is 11.2. The van der Waals surface area contributed by atoms with Crippen LogP contribution in [-0.2, 0) is 20.3 Å². The number of carbonyl (C=O) groups excluding carboxylic acids is 1. The number of carbonyl (C=O) groups is 1. The third-order valence-electron chi connectivity index (χ3n) is 2.65. The van der Waals surface area contributed by atoms with E-state index in [-0.39, 0.29) is 10.8 Å². The lowest BCUT2D eigenvalue weighted by Crippen LogP contribution is -2.24. The van der Waals surface area contributed by atoms with Crippen LogP contribution in [0.3, 0.4) is 0 Å². The second kappa shape index (κ2) is 7.50. The van der Waals surface area contributed by atoms with Gasteiger partial charge in [0.1, 0.15) is 0 Å². The molecule has 0 spiro atoms. The standard InChI is InChI=1S/C13H18ClNO3S/c1-2-4-13(16)15-10-3-5-11-6-8-12(9-7-11)19(14,17)18/h6-9H,2-5,10H2,1H3,(H,15,16). The Kier molecular flexibility index (Phi) is 6.31. The third-order valence-corrected chi connectivity index (χ3v) is 4.02. The van der Waals surface area contributed by atoms with Gasteiger partial charge in [-0.25, -0.2) is 8.42 Å². The van der Waals surface area contributed by atoms with Crippen molar-refractivity contribution in [3.05, 3.63) is 29.8 Å². The number of aryl methyl sites for hydroxylation is 1. The van der Waals surface area contributed by atoms with E-state index >= 15 is 0 Å². The molecule has 0 saturated carbocycles. The summed E-state index contributed by atoms with van der Waals surface area (Å²) < 4.78 is 22.1. The Morgan fingerprint density at radius 3 is 2.42 bits per heavy atom. The van der Waals surface area contributed by atoms with E-state index in [9.17, 15) is 13.2 Å². The highest BCUT2D eigenvalue weighted by Crippen LogP contribution is 2.15. The first-order valence-corrected chi connectivity index (χ1v) is 8.54. The van der Waals surface area contributed by atoms with Crippen molar-refractivity contribution < 1.29 is 13.2 Å². The summed E-state index contributed by atoms with van der Waals surface area (Å²) in [4.78, 5) is 11.3. The molecule has 1 aromatic rings. The molecule has 6 heteroatoms. The largest absolute Gasteiger partial charge is 0.356 e. The Balaban J connectivity index is 2.37. The van der Waals surface area contributed by atoms with Crippen molar-refractivity contribution in [1.82, 2.24) is 5.32 Å². The minimum atomic E-state index is -3.65. The first-order valence-electron chi connectivity index (χ1n) is 6.24. The van der Waals surface area contributed by atoms with Crippen LogP contribution in [-0.4, -0.2) is 20.9 Å². The highest BCUT2D eigenvalue weighted by atomic mass is 35.7. The molecule has 0 heterocycles. The van der Waals surface area contributed by atoms with Gasteiger partial charge in [-0.1, -0.05) is 19.1 Å². The summed E-state index contributed by atoms with van der Waals surface area (Å²) in [7, 11) is 1.58. The molecule has 106 valence electrons. The Bertz CT molecular complexity index is 511. The van der Waals surface area contributed by atoms with Gasteiger partial charge in [-0.3, -0.25) is 4.79 Å². The lowest BCUT2D eigenvalue weighted by atomic mass is 10.1. The SMILES string of the molecule is CCCC(=O)NCCCc1ccc(S(=O)(=O)Cl)cc1. The smallest absolute Gasteiger partial charge is 0.261 e. The van der Waals surface area contributed by atoms with Crippen LogP contribution in [0.25, 0.3) is 0 Å². The average molecular weight is 304 g/mol. The van der Waals surface area contributed by atoms with E-state index in [1.807, 2.05) is 6.92 Å². The van der Waals surface area contributed by atoms with E-state index in [0.717, 1.165) is 24.8 Å². The monoisotopic (exact) mass is 303 g/mol. The summed E-state index contributed by atoms with van der Waals surface area (Å²) >= 11 is 0. The predicted molar refractivity (Wildman–Crippen MR) is 75.7 cm³/mol. The fourth-order valence-electron chi connectivity index (χ4n) is 1.65. The van der Waals surface area contributed by atoms with Crippen LogP contribution in [0, 0.1) is 0 Å². The number of hydrogen-bond acceptors (Lipinski definition) is 3. The van der Waals surface area contributed by atoms with Gasteiger partial charge in [-0.05, 0) is 37.0 Å². The van der Waals surface area contributed by atoms with Gasteiger partial charge in [0.25, 0.3) is 9.05 Å². The zero-order chi connectivity index (χ0) is 14.3. The molecule has 0 bridgehead atoms. The number of nitrogens with one attached hydrogen (secondary N) is 1. The molecule has 4 nitrogen and oxygen atoms in total. The van der Waals surface area contributed by atoms with E-state index in [0.29, 0.717) is 13.0 Å². The summed E-state index contributed by atoms with van der Waals surface area (Å²) in [6, 6.07) is 6.47. The highest BCUT2D eigenvalue weighted by molar-refractivity contribution is 8.13. The molecule has 0 unspecified atom stereocenters. The molecule has 0 radical (unpaired) electrons. The van der Waals surface area contributed by atoms with Crippen LogP contribution in [0.1, 0.15) is 31.7 Å². The summed E-state index contributed by atoms with van der Waals surface area (Å²) in [6.45, 7) is 2.60. The van der Waals surface area contributed by atoms with Crippen molar-refractivity contribution in [2.45, 2.75) is 37.5 Å². The molecule has 0 saturated heterocycles. The molecule has 1 aromatic carbocycles. The van der Waals surface area contributed by atoms with Crippen molar-refractivity contribution in [3.8, 4) is 0 Å². The zero-order valence-corrected chi connectivity index (χ0v) is 12.4. The van der Waals surface area contributed by atoms with Crippen LogP contribution in [0.4, 0.5) is 0 Å². The minimum Gasteiger partial charge on any atom is -0.356 e. The number of rotatable bonds is 7. The van der Waals surface area contributed by atoms with Gasteiger partial charge in [0.2, 0.25) is 5.91 Å². The summed E-state index contributed by atoms with van der Waals surface area (Å²) in [5.74, 6) is 0.0751. The maximum Gasteiger partial charge on any atom is 0.261 e. The molecule has 1 N–H and O–H groups in total. The second-order valence-corrected chi connectivity index (χ2v) is 6.85. The topological polar surface area (TPSA) is 63.2 Å². The molecule has 0 atom stereocenters. The van der Waals surface area contributed by atoms with Gasteiger partial charge < -0.3 is 5.32 Å². The predicted octanol–water partition coefficient (Wildman–Crippen LogP) is 2.46. The van der Waals surface area contributed by atoms with Crippen molar-refractivity contribution in [2.75, 3.05) is 6.54 Å². The van der Waals surface area contributed by atoms with Crippen LogP contribution < -0.4 is 5.32 Å². The Morgan fingerprint density at radius 1 is 1.26 bits per heavy atom. The highest BCUT2D eigenvalue weighted by Gasteiger charge is 2.08. The third kappa shape index (κ3) is 6.07. The lowest BCUT2D eigenvalue weighted by molar-refractivity contribution is -0.121. The van der Waals surface area contributed by atoms with Gasteiger partial charge in [0.05, 0.1) is 4.90 Å². The van der Waals surface area contributed by atoms with Gasteiger partial charge in [0.15, 0.2) is 0 Å². The molecule has 0 aromatic heterocycles. The molecular formula is C13H18ClNO3S. The van der Waals surface area contributed by atoms with Crippen molar-refractivity contribution in [1.29, 1.82) is 0 Å². The molecule has 0 aliphatic heterocycles. The van der Waals surface area contributed by atoms with E-state index in [1.165, 1.54) is 12.1 Å². The lowest BCUT2D eigenvalue weighted by Gasteiger charge is -2.05. The Hall–Kier alpha value is -1.07. The number of halogens is 1. The zero-order valence-electron chi connectivity index (χ0n) is 10.9. The number of benzene rings is 1. The molecule has 0 fully saturated rings.